The molecule has 0 spiro atoms. The molecule has 0 saturated heterocycles. The molecular formula is C18H23N3O3. The van der Waals surface area contributed by atoms with Crippen molar-refractivity contribution in [1.29, 1.82) is 0 Å². The zero-order valence-electron chi connectivity index (χ0n) is 14.2. The summed E-state index contributed by atoms with van der Waals surface area (Å²) in [5.74, 6) is 1.98. The van der Waals surface area contributed by atoms with Gasteiger partial charge in [0.15, 0.2) is 5.76 Å². The van der Waals surface area contributed by atoms with E-state index in [0.29, 0.717) is 25.5 Å². The van der Waals surface area contributed by atoms with Crippen molar-refractivity contribution >= 4 is 5.91 Å². The van der Waals surface area contributed by atoms with E-state index in [4.69, 9.17) is 9.15 Å². The molecule has 1 amide bonds. The summed E-state index contributed by atoms with van der Waals surface area (Å²) in [6.07, 6.45) is 4.42. The van der Waals surface area contributed by atoms with E-state index in [0.717, 1.165) is 23.8 Å². The molecule has 4 rings (SSSR count). The van der Waals surface area contributed by atoms with Crippen LogP contribution in [0.1, 0.15) is 46.3 Å². The number of nitrogens with zero attached hydrogens (tertiary/aromatic N) is 3. The van der Waals surface area contributed by atoms with Gasteiger partial charge < -0.3 is 14.1 Å². The summed E-state index contributed by atoms with van der Waals surface area (Å²) in [5, 5.41) is 4.37. The zero-order chi connectivity index (χ0) is 16.7. The third-order valence-electron chi connectivity index (χ3n) is 4.86. The largest absolute Gasteiger partial charge is 0.456 e. The molecule has 2 aromatic heterocycles. The minimum absolute atomic E-state index is 0.0650. The summed E-state index contributed by atoms with van der Waals surface area (Å²) in [4.78, 5) is 14.6. The van der Waals surface area contributed by atoms with E-state index in [1.165, 1.54) is 18.5 Å². The van der Waals surface area contributed by atoms with Gasteiger partial charge in [0.2, 0.25) is 0 Å². The van der Waals surface area contributed by atoms with Crippen LogP contribution < -0.4 is 0 Å². The first-order chi connectivity index (χ1) is 11.6. The maximum atomic E-state index is 12.7. The number of rotatable bonds is 5. The summed E-state index contributed by atoms with van der Waals surface area (Å²) < 4.78 is 13.3. The van der Waals surface area contributed by atoms with Crippen molar-refractivity contribution in [3.63, 3.8) is 0 Å². The van der Waals surface area contributed by atoms with Crippen molar-refractivity contribution in [3.05, 3.63) is 41.1 Å². The Morgan fingerprint density at radius 2 is 2.21 bits per heavy atom. The van der Waals surface area contributed by atoms with E-state index in [1.54, 1.807) is 6.07 Å². The molecule has 24 heavy (non-hydrogen) atoms. The summed E-state index contributed by atoms with van der Waals surface area (Å²) >= 11 is 0. The standard InChI is InChI=1S/C18H23N3O3/c1-12-3-6-16(24-12)18(22)21-8-14-7-19-20(2)17(14)15(9-21)11-23-10-13-4-5-13/h3,6-7,13,15H,4-5,8-11H2,1-2H3/t15-/m0/s1. The van der Waals surface area contributed by atoms with Crippen LogP contribution in [0.5, 0.6) is 0 Å². The van der Waals surface area contributed by atoms with Gasteiger partial charge in [-0.25, -0.2) is 0 Å². The number of fused-ring (bicyclic) bond motifs is 1. The lowest BCUT2D eigenvalue weighted by Crippen LogP contribution is -2.40. The molecule has 6 heteroatoms. The van der Waals surface area contributed by atoms with Crippen molar-refractivity contribution in [1.82, 2.24) is 14.7 Å². The van der Waals surface area contributed by atoms with Crippen LogP contribution in [0.25, 0.3) is 0 Å². The second-order valence-electron chi connectivity index (χ2n) is 6.95. The molecule has 1 saturated carbocycles. The Hall–Kier alpha value is -2.08. The average Bonchev–Trinajstić information content (AvgIpc) is 3.17. The van der Waals surface area contributed by atoms with Gasteiger partial charge in [-0.1, -0.05) is 0 Å². The first-order valence-electron chi connectivity index (χ1n) is 8.56. The zero-order valence-corrected chi connectivity index (χ0v) is 14.2. The second kappa shape index (κ2) is 6.09. The van der Waals surface area contributed by atoms with Gasteiger partial charge in [-0.3, -0.25) is 9.48 Å². The van der Waals surface area contributed by atoms with Crippen LogP contribution in [0, 0.1) is 12.8 Å². The van der Waals surface area contributed by atoms with Crippen molar-refractivity contribution in [2.75, 3.05) is 19.8 Å². The molecule has 1 aliphatic carbocycles. The van der Waals surface area contributed by atoms with Crippen molar-refractivity contribution in [2.24, 2.45) is 13.0 Å². The third kappa shape index (κ3) is 2.98. The number of carbonyl (C=O) groups excluding carboxylic acids is 1. The van der Waals surface area contributed by atoms with Crippen LogP contribution in [-0.4, -0.2) is 40.3 Å². The topological polar surface area (TPSA) is 60.5 Å². The molecule has 0 bridgehead atoms. The smallest absolute Gasteiger partial charge is 0.289 e. The fourth-order valence-corrected chi connectivity index (χ4v) is 3.42. The Kier molecular flexibility index (Phi) is 3.92. The lowest BCUT2D eigenvalue weighted by Gasteiger charge is -2.32. The quantitative estimate of drug-likeness (QED) is 0.845. The van der Waals surface area contributed by atoms with Gasteiger partial charge in [0.25, 0.3) is 5.91 Å². The van der Waals surface area contributed by atoms with Crippen molar-refractivity contribution in [2.45, 2.75) is 32.2 Å². The van der Waals surface area contributed by atoms with Crippen LogP contribution in [-0.2, 0) is 18.3 Å². The maximum absolute atomic E-state index is 12.7. The number of furan rings is 1. The van der Waals surface area contributed by atoms with Crippen LogP contribution in [0.15, 0.2) is 22.7 Å². The van der Waals surface area contributed by atoms with Crippen LogP contribution >= 0.6 is 0 Å². The highest BCUT2D eigenvalue weighted by molar-refractivity contribution is 5.91. The Morgan fingerprint density at radius 1 is 1.38 bits per heavy atom. The molecular weight excluding hydrogens is 306 g/mol. The van der Waals surface area contributed by atoms with Gasteiger partial charge >= 0.3 is 0 Å². The van der Waals surface area contributed by atoms with E-state index in [2.05, 4.69) is 5.10 Å². The maximum Gasteiger partial charge on any atom is 0.289 e. The van der Waals surface area contributed by atoms with E-state index >= 15 is 0 Å². The van der Waals surface area contributed by atoms with Gasteiger partial charge in [0.05, 0.1) is 18.5 Å². The lowest BCUT2D eigenvalue weighted by atomic mass is 9.96. The van der Waals surface area contributed by atoms with E-state index in [9.17, 15) is 4.79 Å². The molecule has 1 atom stereocenters. The van der Waals surface area contributed by atoms with Crippen LogP contribution in [0.3, 0.4) is 0 Å². The summed E-state index contributed by atoms with van der Waals surface area (Å²) in [6.45, 7) is 4.51. The molecule has 1 aliphatic heterocycles. The van der Waals surface area contributed by atoms with E-state index < -0.39 is 0 Å². The first kappa shape index (κ1) is 15.4. The highest BCUT2D eigenvalue weighted by atomic mass is 16.5. The molecule has 0 N–H and O–H groups in total. The molecule has 3 heterocycles. The number of aromatic nitrogens is 2. The van der Waals surface area contributed by atoms with E-state index in [1.807, 2.05) is 35.8 Å². The molecule has 0 aromatic carbocycles. The Morgan fingerprint density at radius 3 is 2.92 bits per heavy atom. The number of carbonyl (C=O) groups is 1. The number of aryl methyl sites for hydroxylation is 2. The molecule has 128 valence electrons. The molecule has 0 radical (unpaired) electrons. The average molecular weight is 329 g/mol. The van der Waals surface area contributed by atoms with Crippen LogP contribution in [0.4, 0.5) is 0 Å². The summed E-state index contributed by atoms with van der Waals surface area (Å²) in [7, 11) is 1.96. The van der Waals surface area contributed by atoms with Crippen molar-refractivity contribution < 1.29 is 13.9 Å². The monoisotopic (exact) mass is 329 g/mol. The molecule has 6 nitrogen and oxygen atoms in total. The second-order valence-corrected chi connectivity index (χ2v) is 6.95. The lowest BCUT2D eigenvalue weighted by molar-refractivity contribution is 0.0593. The van der Waals surface area contributed by atoms with Crippen LogP contribution in [0.2, 0.25) is 0 Å². The highest BCUT2D eigenvalue weighted by Crippen LogP contribution is 2.32. The molecule has 1 fully saturated rings. The summed E-state index contributed by atoms with van der Waals surface area (Å²) in [6, 6.07) is 3.57. The third-order valence-corrected chi connectivity index (χ3v) is 4.86. The van der Waals surface area contributed by atoms with Gasteiger partial charge in [0, 0.05) is 38.2 Å². The number of amides is 1. The Balaban J connectivity index is 1.51. The predicted molar refractivity (Wildman–Crippen MR) is 87.7 cm³/mol. The minimum Gasteiger partial charge on any atom is -0.456 e. The van der Waals surface area contributed by atoms with E-state index in [-0.39, 0.29) is 11.8 Å². The predicted octanol–water partition coefficient (Wildman–Crippen LogP) is 2.49. The minimum atomic E-state index is -0.0650. The van der Waals surface area contributed by atoms with Crippen molar-refractivity contribution in [3.8, 4) is 0 Å². The SMILES string of the molecule is Cc1ccc(C(=O)N2Cc3cnn(C)c3[C@H](COCC3CC3)C2)o1. The number of hydrogen-bond donors (Lipinski definition) is 0. The molecule has 0 unspecified atom stereocenters. The summed E-state index contributed by atoms with van der Waals surface area (Å²) in [5.41, 5.74) is 2.28. The van der Waals surface area contributed by atoms with Gasteiger partial charge in [0.1, 0.15) is 5.76 Å². The highest BCUT2D eigenvalue weighted by Gasteiger charge is 2.33. The first-order valence-corrected chi connectivity index (χ1v) is 8.56. The number of hydrogen-bond acceptors (Lipinski definition) is 4. The molecule has 2 aromatic rings. The Bertz CT molecular complexity index is 745. The Labute approximate surface area is 141 Å². The van der Waals surface area contributed by atoms with Gasteiger partial charge in [-0.15, -0.1) is 0 Å². The fraction of sp³-hybridized carbons (Fsp3) is 0.556. The number of ether oxygens (including phenoxy) is 1. The fourth-order valence-electron chi connectivity index (χ4n) is 3.42. The van der Waals surface area contributed by atoms with Gasteiger partial charge in [-0.2, -0.15) is 5.10 Å². The molecule has 2 aliphatic rings. The normalized spacial score (nSPS) is 20.2. The van der Waals surface area contributed by atoms with Gasteiger partial charge in [-0.05, 0) is 37.8 Å².